The van der Waals surface area contributed by atoms with E-state index < -0.39 is 0 Å². The van der Waals surface area contributed by atoms with E-state index in [0.717, 1.165) is 18.8 Å². The van der Waals surface area contributed by atoms with E-state index in [9.17, 15) is 4.79 Å². The van der Waals surface area contributed by atoms with E-state index in [4.69, 9.17) is 0 Å². The summed E-state index contributed by atoms with van der Waals surface area (Å²) in [6, 6.07) is 8.14. The lowest BCUT2D eigenvalue weighted by Gasteiger charge is -2.21. The van der Waals surface area contributed by atoms with Gasteiger partial charge in [-0.2, -0.15) is 0 Å². The summed E-state index contributed by atoms with van der Waals surface area (Å²) in [6.45, 7) is 6.30. The van der Waals surface area contributed by atoms with E-state index in [-0.39, 0.29) is 5.91 Å². The number of rotatable bonds is 7. The number of allylic oxidation sites excluding steroid dienone is 1. The molecular formula is C19H26N2O. The quantitative estimate of drug-likeness (QED) is 0.764. The first-order valence-electron chi connectivity index (χ1n) is 8.58. The molecule has 3 nitrogen and oxygen atoms in total. The molecule has 0 aliphatic heterocycles. The SMILES string of the molecule is CCN(CC)c1ccc(NC(=O)C=C(C2CC2)C2CC2)cc1. The van der Waals surface area contributed by atoms with Gasteiger partial charge in [0.25, 0.3) is 0 Å². The Kier molecular flexibility index (Phi) is 4.51. The van der Waals surface area contributed by atoms with Gasteiger partial charge in [0.15, 0.2) is 0 Å². The largest absolute Gasteiger partial charge is 0.372 e. The van der Waals surface area contributed by atoms with Crippen molar-refractivity contribution in [2.45, 2.75) is 39.5 Å². The number of carbonyl (C=O) groups is 1. The Labute approximate surface area is 133 Å². The van der Waals surface area contributed by atoms with E-state index >= 15 is 0 Å². The van der Waals surface area contributed by atoms with Crippen LogP contribution in [0.3, 0.4) is 0 Å². The highest BCUT2D eigenvalue weighted by Crippen LogP contribution is 2.48. The van der Waals surface area contributed by atoms with E-state index in [1.54, 1.807) is 0 Å². The highest BCUT2D eigenvalue weighted by molar-refractivity contribution is 6.00. The van der Waals surface area contributed by atoms with Crippen molar-refractivity contribution in [2.24, 2.45) is 11.8 Å². The van der Waals surface area contributed by atoms with Gasteiger partial charge in [0.2, 0.25) is 5.91 Å². The molecule has 3 heteroatoms. The first-order chi connectivity index (χ1) is 10.7. The molecule has 2 aliphatic carbocycles. The molecule has 0 saturated heterocycles. The highest BCUT2D eigenvalue weighted by Gasteiger charge is 2.36. The molecule has 0 spiro atoms. The molecule has 0 heterocycles. The Morgan fingerprint density at radius 3 is 2.09 bits per heavy atom. The molecule has 1 aromatic carbocycles. The molecule has 0 aromatic heterocycles. The number of nitrogens with zero attached hydrogens (tertiary/aromatic N) is 1. The normalized spacial score (nSPS) is 17.0. The molecule has 1 aromatic rings. The summed E-state index contributed by atoms with van der Waals surface area (Å²) >= 11 is 0. The minimum atomic E-state index is 0.0318. The van der Waals surface area contributed by atoms with Gasteiger partial charge in [0.1, 0.15) is 0 Å². The first-order valence-corrected chi connectivity index (χ1v) is 8.58. The fourth-order valence-electron chi connectivity index (χ4n) is 3.08. The molecule has 2 fully saturated rings. The number of nitrogens with one attached hydrogen (secondary N) is 1. The third-order valence-corrected chi connectivity index (χ3v) is 4.66. The summed E-state index contributed by atoms with van der Waals surface area (Å²) in [4.78, 5) is 14.5. The topological polar surface area (TPSA) is 32.3 Å². The van der Waals surface area contributed by atoms with Crippen LogP contribution in [-0.4, -0.2) is 19.0 Å². The Balaban J connectivity index is 1.62. The van der Waals surface area contributed by atoms with Gasteiger partial charge in [-0.1, -0.05) is 5.57 Å². The fourth-order valence-corrected chi connectivity index (χ4v) is 3.08. The molecule has 1 N–H and O–H groups in total. The molecule has 0 radical (unpaired) electrons. The van der Waals surface area contributed by atoms with Crippen LogP contribution >= 0.6 is 0 Å². The molecule has 2 aliphatic rings. The van der Waals surface area contributed by atoms with Gasteiger partial charge >= 0.3 is 0 Å². The zero-order chi connectivity index (χ0) is 15.5. The summed E-state index contributed by atoms with van der Waals surface area (Å²) in [7, 11) is 0. The second-order valence-corrected chi connectivity index (χ2v) is 6.40. The zero-order valence-corrected chi connectivity index (χ0v) is 13.6. The number of anilines is 2. The van der Waals surface area contributed by atoms with Crippen LogP contribution in [0.2, 0.25) is 0 Å². The van der Waals surface area contributed by atoms with Crippen LogP contribution in [0.15, 0.2) is 35.9 Å². The minimum Gasteiger partial charge on any atom is -0.372 e. The first kappa shape index (κ1) is 15.1. The number of hydrogen-bond acceptors (Lipinski definition) is 2. The predicted octanol–water partition coefficient (Wildman–Crippen LogP) is 4.22. The maximum absolute atomic E-state index is 12.2. The summed E-state index contributed by atoms with van der Waals surface area (Å²) in [5.74, 6) is 1.43. The van der Waals surface area contributed by atoms with E-state index in [1.807, 2.05) is 18.2 Å². The van der Waals surface area contributed by atoms with E-state index in [1.165, 1.54) is 36.9 Å². The van der Waals surface area contributed by atoms with Crippen molar-refractivity contribution in [2.75, 3.05) is 23.3 Å². The monoisotopic (exact) mass is 298 g/mol. The van der Waals surface area contributed by atoms with Gasteiger partial charge in [-0.05, 0) is 75.6 Å². The lowest BCUT2D eigenvalue weighted by molar-refractivity contribution is -0.112. The van der Waals surface area contributed by atoms with Crippen molar-refractivity contribution < 1.29 is 4.79 Å². The smallest absolute Gasteiger partial charge is 0.248 e. The summed E-state index contributed by atoms with van der Waals surface area (Å²) < 4.78 is 0. The second-order valence-electron chi connectivity index (χ2n) is 6.40. The second kappa shape index (κ2) is 6.55. The molecular weight excluding hydrogens is 272 g/mol. The van der Waals surface area contributed by atoms with Crippen LogP contribution in [-0.2, 0) is 4.79 Å². The van der Waals surface area contributed by atoms with Crippen LogP contribution in [0.4, 0.5) is 11.4 Å². The fraction of sp³-hybridized carbons (Fsp3) is 0.526. The number of hydrogen-bond donors (Lipinski definition) is 1. The van der Waals surface area contributed by atoms with Crippen LogP contribution in [0.1, 0.15) is 39.5 Å². The molecule has 3 rings (SSSR count). The van der Waals surface area contributed by atoms with Crippen molar-refractivity contribution in [3.05, 3.63) is 35.9 Å². The van der Waals surface area contributed by atoms with E-state index in [2.05, 4.69) is 36.2 Å². The Bertz CT molecular complexity index is 535. The third-order valence-electron chi connectivity index (χ3n) is 4.66. The predicted molar refractivity (Wildman–Crippen MR) is 92.2 cm³/mol. The van der Waals surface area contributed by atoms with E-state index in [0.29, 0.717) is 11.8 Å². The van der Waals surface area contributed by atoms with Crippen LogP contribution in [0.5, 0.6) is 0 Å². The van der Waals surface area contributed by atoms with Gasteiger partial charge in [-0.25, -0.2) is 0 Å². The van der Waals surface area contributed by atoms with Gasteiger partial charge in [0.05, 0.1) is 0 Å². The summed E-state index contributed by atoms with van der Waals surface area (Å²) in [5, 5.41) is 3.01. The summed E-state index contributed by atoms with van der Waals surface area (Å²) in [5.41, 5.74) is 3.48. The molecule has 0 atom stereocenters. The Morgan fingerprint density at radius 2 is 1.64 bits per heavy atom. The molecule has 0 unspecified atom stereocenters. The van der Waals surface area contributed by atoms with Gasteiger partial charge in [-0.15, -0.1) is 0 Å². The maximum atomic E-state index is 12.2. The van der Waals surface area contributed by atoms with Crippen molar-refractivity contribution in [3.8, 4) is 0 Å². The van der Waals surface area contributed by atoms with Crippen LogP contribution in [0.25, 0.3) is 0 Å². The Morgan fingerprint density at radius 1 is 1.09 bits per heavy atom. The lowest BCUT2D eigenvalue weighted by Crippen LogP contribution is -2.21. The lowest BCUT2D eigenvalue weighted by atomic mass is 10.1. The molecule has 1 amide bonds. The zero-order valence-electron chi connectivity index (χ0n) is 13.6. The van der Waals surface area contributed by atoms with Crippen LogP contribution < -0.4 is 10.2 Å². The van der Waals surface area contributed by atoms with Crippen molar-refractivity contribution >= 4 is 17.3 Å². The molecule has 0 bridgehead atoms. The van der Waals surface area contributed by atoms with Crippen LogP contribution in [0, 0.1) is 11.8 Å². The maximum Gasteiger partial charge on any atom is 0.248 e. The van der Waals surface area contributed by atoms with Crippen molar-refractivity contribution in [1.82, 2.24) is 0 Å². The average molecular weight is 298 g/mol. The van der Waals surface area contributed by atoms with Gasteiger partial charge in [0, 0.05) is 30.5 Å². The molecule has 118 valence electrons. The minimum absolute atomic E-state index is 0.0318. The van der Waals surface area contributed by atoms with Gasteiger partial charge < -0.3 is 10.2 Å². The molecule has 2 saturated carbocycles. The average Bonchev–Trinajstić information content (AvgIpc) is 3.40. The van der Waals surface area contributed by atoms with Crippen molar-refractivity contribution in [1.29, 1.82) is 0 Å². The summed E-state index contributed by atoms with van der Waals surface area (Å²) in [6.07, 6.45) is 6.96. The molecule has 22 heavy (non-hydrogen) atoms. The number of amides is 1. The highest BCUT2D eigenvalue weighted by atomic mass is 16.1. The number of benzene rings is 1. The number of carbonyl (C=O) groups excluding carboxylic acids is 1. The standard InChI is InChI=1S/C19H26N2O/c1-3-21(4-2)17-11-9-16(10-12-17)20-19(22)13-18(14-5-6-14)15-7-8-15/h9-15H,3-8H2,1-2H3,(H,20,22). The third kappa shape index (κ3) is 3.70. The Hall–Kier alpha value is -1.77. The van der Waals surface area contributed by atoms with Gasteiger partial charge in [-0.3, -0.25) is 4.79 Å². The van der Waals surface area contributed by atoms with Crippen molar-refractivity contribution in [3.63, 3.8) is 0 Å².